The summed E-state index contributed by atoms with van der Waals surface area (Å²) >= 11 is 0. The van der Waals surface area contributed by atoms with Gasteiger partial charge in [-0.2, -0.15) is 0 Å². The average Bonchev–Trinajstić information content (AvgIpc) is 2.54. The van der Waals surface area contributed by atoms with E-state index in [0.717, 1.165) is 0 Å². The van der Waals surface area contributed by atoms with E-state index in [1.54, 1.807) is 64.1 Å². The quantitative estimate of drug-likeness (QED) is 0.604. The van der Waals surface area contributed by atoms with Gasteiger partial charge < -0.3 is 20.4 Å². The first-order valence-corrected chi connectivity index (χ1v) is 7.96. The molecule has 4 N–H and O–H groups in total. The summed E-state index contributed by atoms with van der Waals surface area (Å²) in [5, 5.41) is 36.9. The minimum atomic E-state index is -1.12. The molecule has 0 aliphatic rings. The Bertz CT molecular complexity index is 720. The van der Waals surface area contributed by atoms with E-state index in [4.69, 9.17) is 10.2 Å². The molecule has 0 aromatic heterocycles. The van der Waals surface area contributed by atoms with Crippen molar-refractivity contribution < 1.29 is 30.0 Å². The molecular formula is C20H24NaO6. The molecule has 0 atom stereocenters. The standard InChI is InChI=1S/2C10H12O3.Na/c2*1-10(2,13)8-6-4-3-5-7(8)9(11)12;/h2*3-6,13H,1-2H3,(H,11,12);. The second-order valence-electron chi connectivity index (χ2n) is 6.82. The number of carbonyl (C=O) groups is 2. The first-order chi connectivity index (χ1) is 11.9. The largest absolute Gasteiger partial charge is 0.478 e. The Morgan fingerprint density at radius 3 is 1.11 bits per heavy atom. The second-order valence-corrected chi connectivity index (χ2v) is 6.82. The summed E-state index contributed by atoms with van der Waals surface area (Å²) in [6.45, 7) is 6.26. The minimum Gasteiger partial charge on any atom is -0.478 e. The van der Waals surface area contributed by atoms with E-state index < -0.39 is 23.1 Å². The fourth-order valence-electron chi connectivity index (χ4n) is 2.41. The van der Waals surface area contributed by atoms with Crippen LogP contribution in [-0.2, 0) is 11.2 Å². The van der Waals surface area contributed by atoms with Crippen LogP contribution in [-0.4, -0.2) is 61.9 Å². The third-order valence-electron chi connectivity index (χ3n) is 3.63. The van der Waals surface area contributed by atoms with Crippen LogP contribution < -0.4 is 0 Å². The van der Waals surface area contributed by atoms with Gasteiger partial charge in [0, 0.05) is 29.6 Å². The van der Waals surface area contributed by atoms with Crippen molar-refractivity contribution in [3.05, 3.63) is 70.8 Å². The zero-order chi connectivity index (χ0) is 20.1. The van der Waals surface area contributed by atoms with Crippen molar-refractivity contribution in [2.75, 3.05) is 0 Å². The van der Waals surface area contributed by atoms with E-state index in [2.05, 4.69) is 0 Å². The maximum atomic E-state index is 10.8. The smallest absolute Gasteiger partial charge is 0.336 e. The van der Waals surface area contributed by atoms with Crippen molar-refractivity contribution in [1.29, 1.82) is 0 Å². The van der Waals surface area contributed by atoms with Gasteiger partial charge in [0.15, 0.2) is 0 Å². The average molecular weight is 383 g/mol. The van der Waals surface area contributed by atoms with E-state index in [1.807, 2.05) is 0 Å². The molecule has 27 heavy (non-hydrogen) atoms. The van der Waals surface area contributed by atoms with Crippen LogP contribution in [0.15, 0.2) is 48.5 Å². The van der Waals surface area contributed by atoms with Crippen LogP contribution in [0.1, 0.15) is 59.5 Å². The first kappa shape index (κ1) is 25.3. The van der Waals surface area contributed by atoms with Crippen molar-refractivity contribution in [1.82, 2.24) is 0 Å². The summed E-state index contributed by atoms with van der Waals surface area (Å²) in [7, 11) is 0. The number of benzene rings is 2. The fourth-order valence-corrected chi connectivity index (χ4v) is 2.41. The van der Waals surface area contributed by atoms with Crippen LogP contribution in [0.25, 0.3) is 0 Å². The van der Waals surface area contributed by atoms with E-state index in [-0.39, 0.29) is 40.7 Å². The van der Waals surface area contributed by atoms with E-state index >= 15 is 0 Å². The monoisotopic (exact) mass is 383 g/mol. The number of carboxylic acid groups (broad SMARTS) is 2. The number of rotatable bonds is 4. The van der Waals surface area contributed by atoms with E-state index in [1.165, 1.54) is 12.1 Å². The molecule has 1 radical (unpaired) electrons. The predicted molar refractivity (Wildman–Crippen MR) is 103 cm³/mol. The molecule has 141 valence electrons. The van der Waals surface area contributed by atoms with Crippen LogP contribution in [0.3, 0.4) is 0 Å². The maximum Gasteiger partial charge on any atom is 0.336 e. The van der Waals surface area contributed by atoms with Gasteiger partial charge in [0.25, 0.3) is 0 Å². The van der Waals surface area contributed by atoms with Crippen molar-refractivity contribution in [3.8, 4) is 0 Å². The molecule has 0 saturated heterocycles. The van der Waals surface area contributed by atoms with Gasteiger partial charge in [0.1, 0.15) is 0 Å². The minimum absolute atomic E-state index is 0. The van der Waals surface area contributed by atoms with E-state index in [9.17, 15) is 19.8 Å². The molecule has 2 rings (SSSR count). The Kier molecular flexibility index (Phi) is 9.38. The van der Waals surface area contributed by atoms with Crippen molar-refractivity contribution >= 4 is 41.5 Å². The Labute approximate surface area is 180 Å². The number of aromatic carboxylic acids is 2. The summed E-state index contributed by atoms with van der Waals surface area (Å²) in [4.78, 5) is 21.5. The summed E-state index contributed by atoms with van der Waals surface area (Å²) in [6.07, 6.45) is 0. The van der Waals surface area contributed by atoms with Crippen LogP contribution in [0.4, 0.5) is 0 Å². The molecule has 0 amide bonds. The van der Waals surface area contributed by atoms with Gasteiger partial charge in [-0.25, -0.2) is 9.59 Å². The molecule has 0 bridgehead atoms. The van der Waals surface area contributed by atoms with Crippen LogP contribution in [0.5, 0.6) is 0 Å². The van der Waals surface area contributed by atoms with Crippen LogP contribution >= 0.6 is 0 Å². The molecule has 0 unspecified atom stereocenters. The van der Waals surface area contributed by atoms with Crippen LogP contribution in [0, 0.1) is 0 Å². The SMILES string of the molecule is CC(C)(O)c1ccccc1C(=O)O.CC(C)(O)c1ccccc1C(=O)O.[Na]. The zero-order valence-corrected chi connectivity index (χ0v) is 18.2. The Balaban J connectivity index is 0.000000483. The van der Waals surface area contributed by atoms with Gasteiger partial charge in [0.2, 0.25) is 0 Å². The van der Waals surface area contributed by atoms with Gasteiger partial charge in [-0.1, -0.05) is 36.4 Å². The van der Waals surface area contributed by atoms with Crippen molar-refractivity contribution in [2.24, 2.45) is 0 Å². The summed E-state index contributed by atoms with van der Waals surface area (Å²) in [5.74, 6) is -2.03. The summed E-state index contributed by atoms with van der Waals surface area (Å²) < 4.78 is 0. The van der Waals surface area contributed by atoms with Gasteiger partial charge in [-0.3, -0.25) is 0 Å². The Hall–Kier alpha value is -1.70. The topological polar surface area (TPSA) is 115 Å². The summed E-state index contributed by atoms with van der Waals surface area (Å²) in [5.41, 5.74) is -1.07. The van der Waals surface area contributed by atoms with Gasteiger partial charge >= 0.3 is 11.9 Å². The third-order valence-corrected chi connectivity index (χ3v) is 3.63. The normalized spacial score (nSPS) is 10.9. The van der Waals surface area contributed by atoms with Crippen molar-refractivity contribution in [3.63, 3.8) is 0 Å². The molecule has 0 spiro atoms. The van der Waals surface area contributed by atoms with Crippen LogP contribution in [0.2, 0.25) is 0 Å². The molecule has 2 aromatic rings. The fraction of sp³-hybridized carbons (Fsp3) is 0.300. The van der Waals surface area contributed by atoms with Gasteiger partial charge in [0.05, 0.1) is 22.3 Å². The maximum absolute atomic E-state index is 10.8. The third kappa shape index (κ3) is 7.44. The molecule has 0 saturated carbocycles. The number of hydrogen-bond acceptors (Lipinski definition) is 4. The molecule has 6 nitrogen and oxygen atoms in total. The Morgan fingerprint density at radius 2 is 0.926 bits per heavy atom. The summed E-state index contributed by atoms with van der Waals surface area (Å²) in [6, 6.07) is 12.9. The molecular weight excluding hydrogens is 359 g/mol. The van der Waals surface area contributed by atoms with Gasteiger partial charge in [-0.15, -0.1) is 0 Å². The second kappa shape index (κ2) is 10.0. The van der Waals surface area contributed by atoms with E-state index in [0.29, 0.717) is 11.1 Å². The molecule has 0 aliphatic heterocycles. The number of hydrogen-bond donors (Lipinski definition) is 4. The molecule has 0 fully saturated rings. The molecule has 0 aliphatic carbocycles. The zero-order valence-electron chi connectivity index (χ0n) is 16.2. The predicted octanol–water partition coefficient (Wildman–Crippen LogP) is 2.84. The molecule has 2 aromatic carbocycles. The molecule has 0 heterocycles. The first-order valence-electron chi connectivity index (χ1n) is 7.96. The number of aliphatic hydroxyl groups is 2. The van der Waals surface area contributed by atoms with Crippen molar-refractivity contribution in [2.45, 2.75) is 38.9 Å². The molecule has 7 heteroatoms. The van der Waals surface area contributed by atoms with Gasteiger partial charge in [-0.05, 0) is 51.0 Å². The number of carboxylic acids is 2. The Morgan fingerprint density at radius 1 is 0.667 bits per heavy atom.